The first-order chi connectivity index (χ1) is 9.94. The quantitative estimate of drug-likeness (QED) is 0.816. The lowest BCUT2D eigenvalue weighted by molar-refractivity contribution is -0.137. The number of halogens is 1. The van der Waals surface area contributed by atoms with Gasteiger partial charge in [0.25, 0.3) is 0 Å². The normalized spacial score (nSPS) is 18.9. The van der Waals surface area contributed by atoms with E-state index in [0.29, 0.717) is 17.3 Å². The maximum atomic E-state index is 12.8. The van der Waals surface area contributed by atoms with E-state index in [1.54, 1.807) is 18.2 Å². The molecule has 1 unspecified atom stereocenters. The summed E-state index contributed by atoms with van der Waals surface area (Å²) in [5.74, 6) is -1.54. The second-order valence-corrected chi connectivity index (χ2v) is 8.38. The van der Waals surface area contributed by atoms with E-state index in [2.05, 4.69) is 15.9 Å². The molecule has 4 nitrogen and oxygen atoms in total. The molecule has 1 atom stereocenters. The summed E-state index contributed by atoms with van der Waals surface area (Å²) >= 11 is 3.22. The van der Waals surface area contributed by atoms with Crippen LogP contribution in [0.5, 0.6) is 0 Å². The van der Waals surface area contributed by atoms with Gasteiger partial charge in [0, 0.05) is 4.47 Å². The van der Waals surface area contributed by atoms with Gasteiger partial charge in [0.05, 0.1) is 4.90 Å². The topological polar surface area (TPSA) is 71.4 Å². The molecule has 1 aromatic rings. The van der Waals surface area contributed by atoms with Gasteiger partial charge in [-0.3, -0.25) is 4.79 Å². The lowest BCUT2D eigenvalue weighted by Gasteiger charge is -2.23. The number of aliphatic carboxylic acids is 1. The molecule has 1 saturated carbocycles. The van der Waals surface area contributed by atoms with Gasteiger partial charge in [-0.1, -0.05) is 37.8 Å². The van der Waals surface area contributed by atoms with Crippen LogP contribution in [0.2, 0.25) is 0 Å². The third-order valence-electron chi connectivity index (χ3n) is 4.05. The van der Waals surface area contributed by atoms with Crippen LogP contribution in [-0.4, -0.2) is 24.7 Å². The minimum absolute atomic E-state index is 0.0710. The van der Waals surface area contributed by atoms with Crippen molar-refractivity contribution in [1.82, 2.24) is 0 Å². The van der Waals surface area contributed by atoms with Crippen molar-refractivity contribution in [2.24, 2.45) is 5.92 Å². The van der Waals surface area contributed by atoms with Gasteiger partial charge in [-0.15, -0.1) is 0 Å². The van der Waals surface area contributed by atoms with Gasteiger partial charge >= 0.3 is 5.97 Å². The Balaban J connectivity index is 2.41. The molecule has 0 spiro atoms. The number of sulfone groups is 1. The molecule has 1 aromatic carbocycles. The van der Waals surface area contributed by atoms with Crippen LogP contribution in [-0.2, 0) is 14.6 Å². The van der Waals surface area contributed by atoms with Crippen LogP contribution in [0.4, 0.5) is 0 Å². The van der Waals surface area contributed by atoms with Crippen molar-refractivity contribution >= 4 is 31.7 Å². The van der Waals surface area contributed by atoms with E-state index < -0.39 is 21.1 Å². The number of hydrogen-bond donors (Lipinski definition) is 1. The van der Waals surface area contributed by atoms with Crippen molar-refractivity contribution in [3.05, 3.63) is 28.7 Å². The largest absolute Gasteiger partial charge is 0.480 e. The fraction of sp³-hybridized carbons (Fsp3) is 0.533. The highest BCUT2D eigenvalue weighted by Crippen LogP contribution is 2.34. The van der Waals surface area contributed by atoms with E-state index in [0.717, 1.165) is 25.7 Å². The van der Waals surface area contributed by atoms with Gasteiger partial charge in [-0.2, -0.15) is 0 Å². The third kappa shape index (κ3) is 3.66. The molecular weight excluding hydrogens is 356 g/mol. The summed E-state index contributed by atoms with van der Waals surface area (Å²) < 4.78 is 26.0. The predicted molar refractivity (Wildman–Crippen MR) is 83.9 cm³/mol. The van der Waals surface area contributed by atoms with E-state index >= 15 is 0 Å². The second-order valence-electron chi connectivity index (χ2n) is 5.49. The van der Waals surface area contributed by atoms with Crippen LogP contribution in [0.25, 0.3) is 0 Å². The Bertz CT molecular complexity index is 604. The lowest BCUT2D eigenvalue weighted by Crippen LogP contribution is -2.37. The molecule has 1 aliphatic rings. The average Bonchev–Trinajstić information content (AvgIpc) is 2.67. The molecule has 21 heavy (non-hydrogen) atoms. The fourth-order valence-corrected chi connectivity index (χ4v) is 5.90. The molecule has 1 N–H and O–H groups in total. The molecule has 6 heteroatoms. The van der Waals surface area contributed by atoms with Gasteiger partial charge in [-0.05, 0) is 46.8 Å². The minimum Gasteiger partial charge on any atom is -0.480 e. The van der Waals surface area contributed by atoms with E-state index in [9.17, 15) is 18.3 Å². The van der Waals surface area contributed by atoms with E-state index in [4.69, 9.17) is 0 Å². The van der Waals surface area contributed by atoms with Gasteiger partial charge in [-0.25, -0.2) is 8.42 Å². The van der Waals surface area contributed by atoms with Gasteiger partial charge in [0.2, 0.25) is 0 Å². The molecule has 0 saturated heterocycles. The molecule has 0 radical (unpaired) electrons. The van der Waals surface area contributed by atoms with Crippen LogP contribution in [0.15, 0.2) is 33.6 Å². The summed E-state index contributed by atoms with van der Waals surface area (Å²) in [7, 11) is -3.89. The molecule has 2 rings (SSSR count). The van der Waals surface area contributed by atoms with Crippen LogP contribution < -0.4 is 0 Å². The van der Waals surface area contributed by atoms with Gasteiger partial charge in [0.1, 0.15) is 0 Å². The summed E-state index contributed by atoms with van der Waals surface area (Å²) in [5, 5.41) is 8.16. The van der Waals surface area contributed by atoms with Crippen molar-refractivity contribution in [2.45, 2.75) is 48.7 Å². The first kappa shape index (κ1) is 16.5. The first-order valence-electron chi connectivity index (χ1n) is 7.16. The summed E-state index contributed by atoms with van der Waals surface area (Å²) in [4.78, 5) is 11.7. The monoisotopic (exact) mass is 374 g/mol. The van der Waals surface area contributed by atoms with Crippen molar-refractivity contribution in [3.63, 3.8) is 0 Å². The smallest absolute Gasteiger partial charge is 0.322 e. The number of benzene rings is 1. The predicted octanol–water partition coefficient (Wildman–Crippen LogP) is 3.65. The molecule has 0 aromatic heterocycles. The number of hydrogen-bond acceptors (Lipinski definition) is 3. The van der Waals surface area contributed by atoms with Crippen molar-refractivity contribution in [1.29, 1.82) is 0 Å². The lowest BCUT2D eigenvalue weighted by atomic mass is 9.96. The number of rotatable bonds is 4. The summed E-state index contributed by atoms with van der Waals surface area (Å²) in [6.07, 6.45) is 5.25. The Morgan fingerprint density at radius 1 is 1.14 bits per heavy atom. The van der Waals surface area contributed by atoms with Crippen molar-refractivity contribution < 1.29 is 18.3 Å². The number of carbonyl (C=O) groups is 1. The Morgan fingerprint density at radius 3 is 2.24 bits per heavy atom. The van der Waals surface area contributed by atoms with E-state index in [1.807, 2.05) is 0 Å². The minimum atomic E-state index is -3.89. The Hall–Kier alpha value is -0.880. The maximum absolute atomic E-state index is 12.8. The van der Waals surface area contributed by atoms with E-state index in [1.165, 1.54) is 6.07 Å². The maximum Gasteiger partial charge on any atom is 0.322 e. The van der Waals surface area contributed by atoms with E-state index in [-0.39, 0.29) is 10.8 Å². The second kappa shape index (κ2) is 6.92. The molecule has 1 fully saturated rings. The van der Waals surface area contributed by atoms with Crippen molar-refractivity contribution in [3.8, 4) is 0 Å². The molecule has 0 aliphatic heterocycles. The van der Waals surface area contributed by atoms with Crippen LogP contribution in [0.1, 0.15) is 38.5 Å². The molecule has 1 aliphatic carbocycles. The Kier molecular flexibility index (Phi) is 5.43. The zero-order valence-electron chi connectivity index (χ0n) is 11.7. The highest BCUT2D eigenvalue weighted by molar-refractivity contribution is 9.10. The van der Waals surface area contributed by atoms with Gasteiger partial charge < -0.3 is 5.11 Å². The Labute approximate surface area is 133 Å². The highest BCUT2D eigenvalue weighted by Gasteiger charge is 2.41. The van der Waals surface area contributed by atoms with Crippen LogP contribution >= 0.6 is 15.9 Å². The SMILES string of the molecule is O=C(O)C(C1CCCCCC1)S(=O)(=O)c1ccccc1Br. The van der Waals surface area contributed by atoms with Crippen molar-refractivity contribution in [2.75, 3.05) is 0 Å². The van der Waals surface area contributed by atoms with Crippen LogP contribution in [0.3, 0.4) is 0 Å². The molecule has 0 heterocycles. The third-order valence-corrected chi connectivity index (χ3v) is 7.23. The van der Waals surface area contributed by atoms with Crippen LogP contribution in [0, 0.1) is 5.92 Å². The molecular formula is C15H19BrO4S. The number of carboxylic acids is 1. The zero-order chi connectivity index (χ0) is 15.5. The first-order valence-corrected chi connectivity index (χ1v) is 9.50. The number of carboxylic acid groups (broad SMARTS) is 1. The molecule has 0 amide bonds. The molecule has 0 bridgehead atoms. The summed E-state index contributed by atoms with van der Waals surface area (Å²) in [5.41, 5.74) is 0. The summed E-state index contributed by atoms with van der Waals surface area (Å²) in [6.45, 7) is 0. The fourth-order valence-electron chi connectivity index (χ4n) is 3.01. The Morgan fingerprint density at radius 2 is 1.71 bits per heavy atom. The average molecular weight is 375 g/mol. The standard InChI is InChI=1S/C15H19BrO4S/c16-12-9-5-6-10-13(12)21(19,20)14(15(17)18)11-7-3-1-2-4-8-11/h5-6,9-11,14H,1-4,7-8H2,(H,17,18). The zero-order valence-corrected chi connectivity index (χ0v) is 14.1. The van der Waals surface area contributed by atoms with Gasteiger partial charge in [0.15, 0.2) is 15.1 Å². The highest BCUT2D eigenvalue weighted by atomic mass is 79.9. The summed E-state index contributed by atoms with van der Waals surface area (Å²) in [6, 6.07) is 6.42. The molecule has 116 valence electrons.